The summed E-state index contributed by atoms with van der Waals surface area (Å²) in [6.45, 7) is 8.08. The highest BCUT2D eigenvalue weighted by molar-refractivity contribution is 5.10. The van der Waals surface area contributed by atoms with Gasteiger partial charge in [0.15, 0.2) is 0 Å². The van der Waals surface area contributed by atoms with E-state index < -0.39 is 5.60 Å². The van der Waals surface area contributed by atoms with Crippen LogP contribution in [-0.4, -0.2) is 29.8 Å². The first-order chi connectivity index (χ1) is 9.55. The van der Waals surface area contributed by atoms with Crippen molar-refractivity contribution in [3.8, 4) is 0 Å². The van der Waals surface area contributed by atoms with Gasteiger partial charge in [-0.3, -0.25) is 4.79 Å². The van der Waals surface area contributed by atoms with Crippen LogP contribution in [0.2, 0.25) is 0 Å². The summed E-state index contributed by atoms with van der Waals surface area (Å²) in [5.41, 5.74) is 0.236. The van der Waals surface area contributed by atoms with E-state index in [0.29, 0.717) is 31.6 Å². The molecule has 112 valence electrons. The van der Waals surface area contributed by atoms with Gasteiger partial charge in [-0.2, -0.15) is 0 Å². The molecule has 0 radical (unpaired) electrons. The van der Waals surface area contributed by atoms with Gasteiger partial charge in [-0.15, -0.1) is 0 Å². The predicted molar refractivity (Wildman–Crippen MR) is 76.8 cm³/mol. The van der Waals surface area contributed by atoms with Crippen LogP contribution in [0.4, 0.5) is 0 Å². The maximum Gasteiger partial charge on any atom is 0.251 e. The van der Waals surface area contributed by atoms with Gasteiger partial charge in [-0.25, -0.2) is 4.98 Å². The van der Waals surface area contributed by atoms with E-state index in [-0.39, 0.29) is 5.56 Å². The van der Waals surface area contributed by atoms with E-state index in [2.05, 4.69) is 23.8 Å². The van der Waals surface area contributed by atoms with E-state index >= 15 is 0 Å². The van der Waals surface area contributed by atoms with E-state index in [9.17, 15) is 4.79 Å². The minimum Gasteiger partial charge on any atom is -0.381 e. The first kappa shape index (κ1) is 15.2. The van der Waals surface area contributed by atoms with Crippen molar-refractivity contribution in [2.24, 2.45) is 5.92 Å². The van der Waals surface area contributed by atoms with Crippen molar-refractivity contribution in [3.05, 3.63) is 27.9 Å². The molecule has 0 aromatic carbocycles. The standard InChI is InChI=1S/C15H24N2O3/c1-4-20-15(5-7-19-8-6-15)14-16-12(9-11(2)3)10-13(18)17-14/h10-11H,4-9H2,1-3H3,(H,16,17,18). The lowest BCUT2D eigenvalue weighted by Gasteiger charge is -2.35. The second-order valence-corrected chi connectivity index (χ2v) is 5.72. The monoisotopic (exact) mass is 280 g/mol. The Hall–Kier alpha value is -1.20. The van der Waals surface area contributed by atoms with Crippen LogP contribution in [0.1, 0.15) is 45.1 Å². The summed E-state index contributed by atoms with van der Waals surface area (Å²) in [7, 11) is 0. The van der Waals surface area contributed by atoms with Gasteiger partial charge in [0.05, 0.1) is 0 Å². The molecule has 0 atom stereocenters. The molecule has 0 bridgehead atoms. The third-order valence-electron chi connectivity index (χ3n) is 3.56. The van der Waals surface area contributed by atoms with Gasteiger partial charge in [0.2, 0.25) is 0 Å². The molecule has 1 N–H and O–H groups in total. The van der Waals surface area contributed by atoms with Gasteiger partial charge in [0, 0.05) is 44.4 Å². The number of nitrogens with one attached hydrogen (secondary N) is 1. The zero-order valence-electron chi connectivity index (χ0n) is 12.6. The second kappa shape index (κ2) is 6.50. The molecule has 5 heteroatoms. The van der Waals surface area contributed by atoms with Crippen LogP contribution < -0.4 is 5.56 Å². The highest BCUT2D eigenvalue weighted by atomic mass is 16.5. The Bertz CT molecular complexity index is 485. The molecule has 1 saturated heterocycles. The van der Waals surface area contributed by atoms with Crippen LogP contribution >= 0.6 is 0 Å². The molecule has 0 amide bonds. The lowest BCUT2D eigenvalue weighted by molar-refractivity contribution is -0.118. The van der Waals surface area contributed by atoms with Crippen molar-refractivity contribution in [2.45, 2.75) is 45.6 Å². The maximum atomic E-state index is 11.9. The number of ether oxygens (including phenoxy) is 2. The Kier molecular flexibility index (Phi) is 4.94. The minimum absolute atomic E-state index is 0.101. The van der Waals surface area contributed by atoms with Gasteiger partial charge < -0.3 is 14.5 Å². The lowest BCUT2D eigenvalue weighted by atomic mass is 9.92. The van der Waals surface area contributed by atoms with Crippen molar-refractivity contribution in [2.75, 3.05) is 19.8 Å². The number of aromatic nitrogens is 2. The third-order valence-corrected chi connectivity index (χ3v) is 3.56. The molecule has 1 aromatic rings. The molecule has 0 aliphatic carbocycles. The van der Waals surface area contributed by atoms with E-state index in [1.54, 1.807) is 6.07 Å². The molecule has 1 fully saturated rings. The van der Waals surface area contributed by atoms with Crippen LogP contribution in [0.25, 0.3) is 0 Å². The predicted octanol–water partition coefficient (Wildman–Crippen LogP) is 2.01. The summed E-state index contributed by atoms with van der Waals surface area (Å²) in [4.78, 5) is 19.4. The van der Waals surface area contributed by atoms with Crippen molar-refractivity contribution in [1.82, 2.24) is 9.97 Å². The van der Waals surface area contributed by atoms with Gasteiger partial charge in [0.1, 0.15) is 11.4 Å². The molecule has 0 spiro atoms. The molecule has 0 saturated carbocycles. The molecule has 1 aliphatic rings. The topological polar surface area (TPSA) is 64.2 Å². The molecule has 0 unspecified atom stereocenters. The summed E-state index contributed by atoms with van der Waals surface area (Å²) in [5.74, 6) is 1.13. The smallest absolute Gasteiger partial charge is 0.251 e. The van der Waals surface area contributed by atoms with Gasteiger partial charge in [0.25, 0.3) is 5.56 Å². The molecule has 2 rings (SSSR count). The highest BCUT2D eigenvalue weighted by Crippen LogP contribution is 2.33. The summed E-state index contributed by atoms with van der Waals surface area (Å²) in [5, 5.41) is 0. The SMILES string of the molecule is CCOC1(c2nc(CC(C)C)cc(=O)[nH]2)CCOCC1. The summed E-state index contributed by atoms with van der Waals surface area (Å²) >= 11 is 0. The zero-order valence-corrected chi connectivity index (χ0v) is 12.6. The number of hydrogen-bond acceptors (Lipinski definition) is 4. The molecule has 5 nitrogen and oxygen atoms in total. The van der Waals surface area contributed by atoms with Crippen molar-refractivity contribution in [3.63, 3.8) is 0 Å². The Morgan fingerprint density at radius 2 is 2.15 bits per heavy atom. The number of rotatable bonds is 5. The van der Waals surface area contributed by atoms with E-state index in [1.165, 1.54) is 0 Å². The normalized spacial score (nSPS) is 18.4. The van der Waals surface area contributed by atoms with Crippen LogP contribution in [0.3, 0.4) is 0 Å². The summed E-state index contributed by atoms with van der Waals surface area (Å²) in [6, 6.07) is 1.59. The van der Waals surface area contributed by atoms with Crippen LogP contribution in [0.15, 0.2) is 10.9 Å². The number of H-pyrrole nitrogens is 1. The van der Waals surface area contributed by atoms with Crippen LogP contribution in [0.5, 0.6) is 0 Å². The van der Waals surface area contributed by atoms with Crippen molar-refractivity contribution in [1.29, 1.82) is 0 Å². The molecule has 2 heterocycles. The average molecular weight is 280 g/mol. The Morgan fingerprint density at radius 3 is 2.75 bits per heavy atom. The molecular formula is C15H24N2O3. The van der Waals surface area contributed by atoms with Crippen molar-refractivity contribution < 1.29 is 9.47 Å². The summed E-state index contributed by atoms with van der Waals surface area (Å²) < 4.78 is 11.4. The van der Waals surface area contributed by atoms with Gasteiger partial charge >= 0.3 is 0 Å². The lowest BCUT2D eigenvalue weighted by Crippen LogP contribution is -2.39. The zero-order chi connectivity index (χ0) is 14.6. The Morgan fingerprint density at radius 1 is 1.45 bits per heavy atom. The fraction of sp³-hybridized carbons (Fsp3) is 0.733. The largest absolute Gasteiger partial charge is 0.381 e. The number of hydrogen-bond donors (Lipinski definition) is 1. The van der Waals surface area contributed by atoms with E-state index in [0.717, 1.165) is 25.0 Å². The molecular weight excluding hydrogens is 256 g/mol. The quantitative estimate of drug-likeness (QED) is 0.896. The van der Waals surface area contributed by atoms with Crippen LogP contribution in [-0.2, 0) is 21.5 Å². The van der Waals surface area contributed by atoms with E-state index in [1.807, 2.05) is 6.92 Å². The highest BCUT2D eigenvalue weighted by Gasteiger charge is 2.37. The first-order valence-corrected chi connectivity index (χ1v) is 7.38. The number of nitrogens with zero attached hydrogens (tertiary/aromatic N) is 1. The van der Waals surface area contributed by atoms with Gasteiger partial charge in [-0.1, -0.05) is 13.8 Å². The minimum atomic E-state index is -0.501. The van der Waals surface area contributed by atoms with E-state index in [4.69, 9.17) is 9.47 Å². The average Bonchev–Trinajstić information content (AvgIpc) is 2.38. The first-order valence-electron chi connectivity index (χ1n) is 7.38. The Balaban J connectivity index is 2.37. The number of aromatic amines is 1. The maximum absolute atomic E-state index is 11.9. The fourth-order valence-electron chi connectivity index (χ4n) is 2.67. The van der Waals surface area contributed by atoms with Crippen molar-refractivity contribution >= 4 is 0 Å². The van der Waals surface area contributed by atoms with Gasteiger partial charge in [-0.05, 0) is 19.3 Å². The molecule has 1 aromatic heterocycles. The summed E-state index contributed by atoms with van der Waals surface area (Å²) in [6.07, 6.45) is 2.26. The molecule has 1 aliphatic heterocycles. The fourth-order valence-corrected chi connectivity index (χ4v) is 2.67. The third kappa shape index (κ3) is 3.46. The Labute approximate surface area is 119 Å². The van der Waals surface area contributed by atoms with Crippen LogP contribution in [0, 0.1) is 5.92 Å². The molecule has 20 heavy (non-hydrogen) atoms. The second-order valence-electron chi connectivity index (χ2n) is 5.72.